The second-order valence-corrected chi connectivity index (χ2v) is 4.94. The number of hydrogen-bond acceptors (Lipinski definition) is 2. The first-order valence-corrected chi connectivity index (χ1v) is 5.97. The van der Waals surface area contributed by atoms with Crippen molar-refractivity contribution in [3.8, 4) is 0 Å². The lowest BCUT2D eigenvalue weighted by atomic mass is 9.94. The largest absolute Gasteiger partial charge is 0.327 e. The van der Waals surface area contributed by atoms with E-state index in [0.717, 1.165) is 25.6 Å². The summed E-state index contributed by atoms with van der Waals surface area (Å²) in [7, 11) is 0. The minimum Gasteiger partial charge on any atom is -0.327 e. The van der Waals surface area contributed by atoms with E-state index >= 15 is 0 Å². The molecular formula is C13H19ClF2N2. The highest BCUT2D eigenvalue weighted by molar-refractivity contribution is 5.85. The molecule has 1 aliphatic heterocycles. The third-order valence-corrected chi connectivity index (χ3v) is 3.38. The number of rotatable bonds is 2. The highest BCUT2D eigenvalue weighted by Gasteiger charge is 2.23. The van der Waals surface area contributed by atoms with E-state index in [1.54, 1.807) is 0 Å². The van der Waals surface area contributed by atoms with Gasteiger partial charge in [0, 0.05) is 25.2 Å². The first-order valence-electron chi connectivity index (χ1n) is 5.97. The van der Waals surface area contributed by atoms with Crippen LogP contribution in [0.1, 0.15) is 18.9 Å². The minimum absolute atomic E-state index is 0. The van der Waals surface area contributed by atoms with Crippen LogP contribution in [0.3, 0.4) is 0 Å². The minimum atomic E-state index is -0.512. The summed E-state index contributed by atoms with van der Waals surface area (Å²) in [5.41, 5.74) is 6.62. The van der Waals surface area contributed by atoms with Gasteiger partial charge in [0.05, 0.1) is 0 Å². The van der Waals surface area contributed by atoms with Gasteiger partial charge in [-0.3, -0.25) is 4.90 Å². The third-order valence-electron chi connectivity index (χ3n) is 3.38. The van der Waals surface area contributed by atoms with Crippen molar-refractivity contribution in [3.05, 3.63) is 35.4 Å². The molecule has 18 heavy (non-hydrogen) atoms. The molecule has 0 amide bonds. The molecule has 1 aromatic rings. The molecule has 2 atom stereocenters. The Bertz CT molecular complexity index is 380. The molecule has 2 unspecified atom stereocenters. The van der Waals surface area contributed by atoms with Crippen molar-refractivity contribution in [1.82, 2.24) is 4.90 Å². The van der Waals surface area contributed by atoms with Crippen LogP contribution in [0.2, 0.25) is 0 Å². The second-order valence-electron chi connectivity index (χ2n) is 4.94. The molecule has 1 aliphatic rings. The molecule has 0 aromatic heterocycles. The molecule has 0 bridgehead atoms. The number of nitrogens with two attached hydrogens (primary N) is 1. The molecule has 1 heterocycles. The van der Waals surface area contributed by atoms with Crippen LogP contribution < -0.4 is 5.73 Å². The number of hydrogen-bond donors (Lipinski definition) is 1. The number of benzene rings is 1. The summed E-state index contributed by atoms with van der Waals surface area (Å²) in [5.74, 6) is -0.592. The molecule has 2 N–H and O–H groups in total. The molecule has 0 radical (unpaired) electrons. The van der Waals surface area contributed by atoms with Crippen molar-refractivity contribution in [2.45, 2.75) is 25.9 Å². The Morgan fingerprint density at radius 3 is 2.44 bits per heavy atom. The van der Waals surface area contributed by atoms with Gasteiger partial charge in [-0.15, -0.1) is 12.4 Å². The number of nitrogens with zero attached hydrogens (tertiary/aromatic N) is 1. The van der Waals surface area contributed by atoms with Crippen molar-refractivity contribution in [1.29, 1.82) is 0 Å². The van der Waals surface area contributed by atoms with Gasteiger partial charge in [-0.05, 0) is 36.6 Å². The Hall–Kier alpha value is -0.710. The van der Waals surface area contributed by atoms with Crippen molar-refractivity contribution in [2.24, 2.45) is 11.7 Å². The number of halogens is 3. The summed E-state index contributed by atoms with van der Waals surface area (Å²) < 4.78 is 26.1. The van der Waals surface area contributed by atoms with E-state index in [1.807, 2.05) is 0 Å². The van der Waals surface area contributed by atoms with Crippen molar-refractivity contribution < 1.29 is 8.78 Å². The molecule has 1 aromatic carbocycles. The molecule has 5 heteroatoms. The summed E-state index contributed by atoms with van der Waals surface area (Å²) in [6.07, 6.45) is 0.943. The topological polar surface area (TPSA) is 29.3 Å². The molecule has 0 aliphatic carbocycles. The number of likely N-dealkylation sites (tertiary alicyclic amines) is 1. The fourth-order valence-corrected chi connectivity index (χ4v) is 2.35. The predicted molar refractivity (Wildman–Crippen MR) is 70.6 cm³/mol. The van der Waals surface area contributed by atoms with E-state index in [4.69, 9.17) is 5.73 Å². The SMILES string of the molecule is CC1CN(Cc2cc(F)cc(F)c2)CCC1N.Cl. The maximum absolute atomic E-state index is 13.0. The smallest absolute Gasteiger partial charge is 0.126 e. The van der Waals surface area contributed by atoms with Crippen LogP contribution in [0, 0.1) is 17.6 Å². The van der Waals surface area contributed by atoms with E-state index < -0.39 is 11.6 Å². The summed E-state index contributed by atoms with van der Waals surface area (Å²) in [5, 5.41) is 0. The van der Waals surface area contributed by atoms with Gasteiger partial charge in [0.25, 0.3) is 0 Å². The van der Waals surface area contributed by atoms with Crippen LogP contribution in [0.4, 0.5) is 8.78 Å². The lowest BCUT2D eigenvalue weighted by Gasteiger charge is -2.35. The molecule has 2 nitrogen and oxygen atoms in total. The summed E-state index contributed by atoms with van der Waals surface area (Å²) >= 11 is 0. The molecule has 1 saturated heterocycles. The Balaban J connectivity index is 0.00000162. The van der Waals surface area contributed by atoms with E-state index in [2.05, 4.69) is 11.8 Å². The van der Waals surface area contributed by atoms with Gasteiger partial charge in [0.2, 0.25) is 0 Å². The molecule has 1 fully saturated rings. The zero-order valence-corrected chi connectivity index (χ0v) is 11.2. The van der Waals surface area contributed by atoms with Gasteiger partial charge in [-0.25, -0.2) is 8.78 Å². The van der Waals surface area contributed by atoms with Gasteiger partial charge in [0.1, 0.15) is 11.6 Å². The monoisotopic (exact) mass is 276 g/mol. The van der Waals surface area contributed by atoms with Gasteiger partial charge in [0.15, 0.2) is 0 Å². The quantitative estimate of drug-likeness (QED) is 0.900. The van der Waals surface area contributed by atoms with Crippen molar-refractivity contribution in [2.75, 3.05) is 13.1 Å². The van der Waals surface area contributed by atoms with E-state index in [-0.39, 0.29) is 18.4 Å². The Labute approximate surface area is 113 Å². The highest BCUT2D eigenvalue weighted by atomic mass is 35.5. The Kier molecular flexibility index (Phi) is 5.50. The summed E-state index contributed by atoms with van der Waals surface area (Å²) in [4.78, 5) is 2.20. The summed E-state index contributed by atoms with van der Waals surface area (Å²) in [6.45, 7) is 4.48. The van der Waals surface area contributed by atoms with Gasteiger partial charge < -0.3 is 5.73 Å². The Morgan fingerprint density at radius 2 is 1.89 bits per heavy atom. The predicted octanol–water partition coefficient (Wildman–Crippen LogP) is 2.56. The van der Waals surface area contributed by atoms with Crippen LogP contribution in [0.25, 0.3) is 0 Å². The highest BCUT2D eigenvalue weighted by Crippen LogP contribution is 2.18. The van der Waals surface area contributed by atoms with Gasteiger partial charge >= 0.3 is 0 Å². The number of piperidine rings is 1. The maximum Gasteiger partial charge on any atom is 0.126 e. The lowest BCUT2D eigenvalue weighted by Crippen LogP contribution is -2.45. The van der Waals surface area contributed by atoms with E-state index in [0.29, 0.717) is 18.0 Å². The lowest BCUT2D eigenvalue weighted by molar-refractivity contribution is 0.157. The second kappa shape index (κ2) is 6.45. The zero-order chi connectivity index (χ0) is 12.4. The average molecular weight is 277 g/mol. The van der Waals surface area contributed by atoms with Gasteiger partial charge in [-0.1, -0.05) is 6.92 Å². The average Bonchev–Trinajstić information content (AvgIpc) is 2.22. The van der Waals surface area contributed by atoms with Crippen LogP contribution in [-0.4, -0.2) is 24.0 Å². The van der Waals surface area contributed by atoms with Crippen molar-refractivity contribution >= 4 is 12.4 Å². The molecule has 0 spiro atoms. The first kappa shape index (κ1) is 15.3. The van der Waals surface area contributed by atoms with Crippen LogP contribution in [-0.2, 0) is 6.54 Å². The van der Waals surface area contributed by atoms with E-state index in [9.17, 15) is 8.78 Å². The van der Waals surface area contributed by atoms with Gasteiger partial charge in [-0.2, -0.15) is 0 Å². The summed E-state index contributed by atoms with van der Waals surface area (Å²) in [6, 6.07) is 3.93. The first-order chi connectivity index (χ1) is 8.04. The van der Waals surface area contributed by atoms with Crippen LogP contribution in [0.15, 0.2) is 18.2 Å². The third kappa shape index (κ3) is 3.90. The zero-order valence-electron chi connectivity index (χ0n) is 10.4. The fourth-order valence-electron chi connectivity index (χ4n) is 2.35. The standard InChI is InChI=1S/C13H18F2N2.ClH/c1-9-7-17(3-2-13(9)16)8-10-4-11(14)6-12(15)5-10;/h4-6,9,13H,2-3,7-8,16H2,1H3;1H. The van der Waals surface area contributed by atoms with Crippen molar-refractivity contribution in [3.63, 3.8) is 0 Å². The molecular weight excluding hydrogens is 258 g/mol. The van der Waals surface area contributed by atoms with E-state index in [1.165, 1.54) is 12.1 Å². The molecule has 2 rings (SSSR count). The molecule has 0 saturated carbocycles. The van der Waals surface area contributed by atoms with Crippen LogP contribution in [0.5, 0.6) is 0 Å². The maximum atomic E-state index is 13.0. The van der Waals surface area contributed by atoms with Crippen LogP contribution >= 0.6 is 12.4 Å². The normalized spacial score (nSPS) is 24.7. The Morgan fingerprint density at radius 1 is 1.28 bits per heavy atom. The fraction of sp³-hybridized carbons (Fsp3) is 0.538. The molecule has 102 valence electrons.